The van der Waals surface area contributed by atoms with Gasteiger partial charge in [-0.15, -0.1) is 0 Å². The van der Waals surface area contributed by atoms with Crippen LogP contribution < -0.4 is 0 Å². The van der Waals surface area contributed by atoms with Crippen molar-refractivity contribution in [2.75, 3.05) is 0 Å². The predicted octanol–water partition coefficient (Wildman–Crippen LogP) is 4.37. The van der Waals surface area contributed by atoms with Gasteiger partial charge in [0.15, 0.2) is 0 Å². The predicted molar refractivity (Wildman–Crippen MR) is 86.2 cm³/mol. The van der Waals surface area contributed by atoms with Gasteiger partial charge in [0.2, 0.25) is 0 Å². The van der Waals surface area contributed by atoms with E-state index in [9.17, 15) is 14.5 Å². The van der Waals surface area contributed by atoms with Gasteiger partial charge < -0.3 is 10.3 Å². The zero-order chi connectivity index (χ0) is 16.6. The fourth-order valence-electron chi connectivity index (χ4n) is 2.97. The Morgan fingerprint density at radius 1 is 1.13 bits per heavy atom. The summed E-state index contributed by atoms with van der Waals surface area (Å²) >= 11 is 0. The Kier molecular flexibility index (Phi) is 3.74. The second-order valence-corrected chi connectivity index (χ2v) is 5.63. The molecule has 0 spiro atoms. The van der Waals surface area contributed by atoms with E-state index in [1.807, 2.05) is 25.1 Å². The quantitative estimate of drug-likeness (QED) is 0.791. The molecule has 2 aromatic rings. The van der Waals surface area contributed by atoms with Crippen LogP contribution in [0.25, 0.3) is 5.70 Å². The van der Waals surface area contributed by atoms with Gasteiger partial charge in [0.25, 0.3) is 5.70 Å². The highest BCUT2D eigenvalue weighted by atomic mass is 19.1. The average molecular weight is 312 g/mol. The zero-order valence-electron chi connectivity index (χ0n) is 13.0. The maximum atomic E-state index is 13.2. The Hall–Kier alpha value is -2.53. The number of allylic oxidation sites excluding steroid dienone is 1. The van der Waals surface area contributed by atoms with Gasteiger partial charge in [-0.25, -0.2) is 4.39 Å². The lowest BCUT2D eigenvalue weighted by Gasteiger charge is -2.35. The van der Waals surface area contributed by atoms with Gasteiger partial charge in [0.1, 0.15) is 5.82 Å². The molecule has 4 nitrogen and oxygen atoms in total. The van der Waals surface area contributed by atoms with Gasteiger partial charge in [-0.2, -0.15) is 0 Å². The van der Waals surface area contributed by atoms with Crippen LogP contribution in [-0.2, 0) is 5.66 Å². The number of hydroxylamine groups is 2. The highest BCUT2D eigenvalue weighted by Crippen LogP contribution is 2.44. The highest BCUT2D eigenvalue weighted by Gasteiger charge is 2.54. The normalized spacial score (nSPS) is 21.2. The molecule has 0 fully saturated rings. The van der Waals surface area contributed by atoms with E-state index in [2.05, 4.69) is 0 Å². The molecule has 23 heavy (non-hydrogen) atoms. The third-order valence-corrected chi connectivity index (χ3v) is 4.29. The van der Waals surface area contributed by atoms with Crippen molar-refractivity contribution in [3.8, 4) is 0 Å². The maximum absolute atomic E-state index is 13.2. The van der Waals surface area contributed by atoms with Crippen LogP contribution in [0.1, 0.15) is 31.4 Å². The van der Waals surface area contributed by atoms with Crippen molar-refractivity contribution in [3.63, 3.8) is 0 Å². The Morgan fingerprint density at radius 2 is 1.74 bits per heavy atom. The number of halogens is 1. The van der Waals surface area contributed by atoms with Crippen molar-refractivity contribution in [2.24, 2.45) is 0 Å². The first-order valence-electron chi connectivity index (χ1n) is 7.49. The minimum atomic E-state index is -1.44. The maximum Gasteiger partial charge on any atom is 0.306 e. The molecule has 0 N–H and O–H groups in total. The standard InChI is InChI=1S/C18H17FN2O2/c1-3-16-17(13-7-5-4-6-8-13)21(23)18(2,20(16)22)14-9-11-15(19)12-10-14/h4-12H,3H2,1-2H3/t18-/m1/s1. The van der Waals surface area contributed by atoms with E-state index < -0.39 is 11.5 Å². The van der Waals surface area contributed by atoms with Crippen LogP contribution in [0.3, 0.4) is 0 Å². The number of nitrogens with zero attached hydrogens (tertiary/aromatic N) is 2. The van der Waals surface area contributed by atoms with Crippen LogP contribution in [-0.4, -0.2) is 9.82 Å². The van der Waals surface area contributed by atoms with Crippen LogP contribution in [0.2, 0.25) is 0 Å². The van der Waals surface area contributed by atoms with E-state index in [0.29, 0.717) is 28.9 Å². The third-order valence-electron chi connectivity index (χ3n) is 4.29. The topological polar surface area (TPSA) is 46.4 Å². The van der Waals surface area contributed by atoms with Crippen molar-refractivity contribution in [1.82, 2.24) is 5.06 Å². The van der Waals surface area contributed by atoms with Crippen LogP contribution in [0.15, 0.2) is 60.3 Å². The molecule has 2 aromatic carbocycles. The van der Waals surface area contributed by atoms with Gasteiger partial charge in [-0.3, -0.25) is 0 Å². The first-order valence-corrected chi connectivity index (χ1v) is 7.49. The van der Waals surface area contributed by atoms with Crippen molar-refractivity contribution in [1.29, 1.82) is 0 Å². The molecule has 1 atom stereocenters. The zero-order valence-corrected chi connectivity index (χ0v) is 13.0. The van der Waals surface area contributed by atoms with Gasteiger partial charge in [-0.05, 0) is 42.8 Å². The summed E-state index contributed by atoms with van der Waals surface area (Å²) in [6.45, 7) is 3.40. The van der Waals surface area contributed by atoms with Crippen LogP contribution in [0, 0.1) is 15.9 Å². The summed E-state index contributed by atoms with van der Waals surface area (Å²) in [5.74, 6) is -0.405. The third kappa shape index (κ3) is 2.24. The first-order chi connectivity index (χ1) is 11.0. The van der Waals surface area contributed by atoms with E-state index in [-0.39, 0.29) is 0 Å². The molecule has 0 bridgehead atoms. The molecule has 5 heteroatoms. The van der Waals surface area contributed by atoms with Crippen molar-refractivity contribution < 1.29 is 9.15 Å². The van der Waals surface area contributed by atoms with Crippen molar-refractivity contribution in [2.45, 2.75) is 25.9 Å². The molecule has 118 valence electrons. The summed E-state index contributed by atoms with van der Waals surface area (Å²) in [7, 11) is 0. The Labute approximate surface area is 134 Å². The SMILES string of the molecule is CCC1=C(c2ccccc2)[N+](=O)[C@](C)(c2ccc(F)cc2)N1[O-]. The van der Waals surface area contributed by atoms with Crippen LogP contribution >= 0.6 is 0 Å². The summed E-state index contributed by atoms with van der Waals surface area (Å²) < 4.78 is 13.9. The van der Waals surface area contributed by atoms with Crippen molar-refractivity contribution >= 4 is 5.70 Å². The minimum Gasteiger partial charge on any atom is -0.753 e. The lowest BCUT2D eigenvalue weighted by molar-refractivity contribution is -0.565. The second kappa shape index (κ2) is 5.59. The smallest absolute Gasteiger partial charge is 0.306 e. The molecule has 0 radical (unpaired) electrons. The molecular weight excluding hydrogens is 295 g/mol. The summed E-state index contributed by atoms with van der Waals surface area (Å²) in [6, 6.07) is 14.6. The summed E-state index contributed by atoms with van der Waals surface area (Å²) in [4.78, 5) is 13.0. The molecule has 0 saturated heterocycles. The molecule has 3 rings (SSSR count). The van der Waals surface area contributed by atoms with E-state index in [0.717, 1.165) is 9.82 Å². The average Bonchev–Trinajstić information content (AvgIpc) is 2.77. The molecule has 0 aromatic heterocycles. The minimum absolute atomic E-state index is 0.370. The fraction of sp³-hybridized carbons (Fsp3) is 0.222. The number of nitroso groups, excluding NO2 is 1. The molecule has 1 aliphatic heterocycles. The second-order valence-electron chi connectivity index (χ2n) is 5.63. The monoisotopic (exact) mass is 312 g/mol. The van der Waals surface area contributed by atoms with E-state index in [1.165, 1.54) is 24.3 Å². The molecular formula is C18H17FN2O2. The molecule has 0 unspecified atom stereocenters. The number of benzene rings is 2. The molecule has 1 heterocycles. The van der Waals surface area contributed by atoms with Crippen LogP contribution in [0.4, 0.5) is 4.39 Å². The fourth-order valence-corrected chi connectivity index (χ4v) is 2.97. The number of hydrogen-bond donors (Lipinski definition) is 0. The van der Waals surface area contributed by atoms with Gasteiger partial charge in [-0.1, -0.05) is 25.1 Å². The highest BCUT2D eigenvalue weighted by molar-refractivity contribution is 5.64. The van der Waals surface area contributed by atoms with Gasteiger partial charge >= 0.3 is 5.66 Å². The van der Waals surface area contributed by atoms with E-state index in [4.69, 9.17) is 0 Å². The molecule has 0 amide bonds. The van der Waals surface area contributed by atoms with Gasteiger partial charge in [0.05, 0.1) is 16.0 Å². The van der Waals surface area contributed by atoms with E-state index >= 15 is 0 Å². The number of hydrogen-bond acceptors (Lipinski definition) is 3. The largest absolute Gasteiger partial charge is 0.753 e. The molecule has 0 aliphatic carbocycles. The summed E-state index contributed by atoms with van der Waals surface area (Å²) in [5.41, 5.74) is 0.518. The molecule has 1 aliphatic rings. The van der Waals surface area contributed by atoms with Gasteiger partial charge in [0, 0.05) is 17.4 Å². The molecule has 0 saturated carbocycles. The summed E-state index contributed by atoms with van der Waals surface area (Å²) in [6.07, 6.45) is 0.434. The first kappa shape index (κ1) is 15.4. The van der Waals surface area contributed by atoms with E-state index in [1.54, 1.807) is 19.1 Å². The lowest BCUT2D eigenvalue weighted by Crippen LogP contribution is -2.41. The van der Waals surface area contributed by atoms with Crippen molar-refractivity contribution in [3.05, 3.63) is 87.4 Å². The van der Waals surface area contributed by atoms with Crippen LogP contribution in [0.5, 0.6) is 0 Å². The Bertz CT molecular complexity index is 771. The number of rotatable bonds is 3. The Morgan fingerprint density at radius 3 is 2.30 bits per heavy atom. The Balaban J connectivity index is 2.14. The lowest BCUT2D eigenvalue weighted by atomic mass is 10.0. The summed E-state index contributed by atoms with van der Waals surface area (Å²) in [5, 5.41) is 13.6.